The van der Waals surface area contributed by atoms with Gasteiger partial charge in [-0.3, -0.25) is 33.6 Å². The largest absolute Gasteiger partial charge is 0.444 e. The third-order valence-corrected chi connectivity index (χ3v) is 21.3. The monoisotopic (exact) mass is 1420 g/mol. The van der Waals surface area contributed by atoms with Gasteiger partial charge in [-0.15, -0.1) is 11.8 Å². The van der Waals surface area contributed by atoms with Crippen molar-refractivity contribution in [3.63, 3.8) is 0 Å². The summed E-state index contributed by atoms with van der Waals surface area (Å²) in [5.41, 5.74) is 6.61. The Bertz CT molecular complexity index is 3590. The Morgan fingerprint density at radius 3 is 1.79 bits per heavy atom. The Morgan fingerprint density at radius 1 is 0.640 bits per heavy atom. The van der Waals surface area contributed by atoms with E-state index in [1.165, 1.54) is 13.8 Å². The molecule has 6 aromatic rings. The van der Waals surface area contributed by atoms with Crippen molar-refractivity contribution < 1.29 is 58.4 Å². The Balaban J connectivity index is 1.14. The van der Waals surface area contributed by atoms with Gasteiger partial charge in [0.15, 0.2) is 5.78 Å². The number of aliphatic hydroxyl groups excluding tert-OH is 3. The summed E-state index contributed by atoms with van der Waals surface area (Å²) in [6.07, 6.45) is -0.699. The molecule has 11 N–H and O–H groups in total. The number of benzene rings is 6. The van der Waals surface area contributed by atoms with Gasteiger partial charge in [-0.1, -0.05) is 204 Å². The lowest BCUT2D eigenvalue weighted by Gasteiger charge is -2.35. The van der Waals surface area contributed by atoms with Crippen LogP contribution in [0.1, 0.15) is 106 Å². The average molecular weight is 1420 g/mol. The molecule has 1 aliphatic heterocycles. The van der Waals surface area contributed by atoms with Crippen LogP contribution in [0.15, 0.2) is 182 Å². The summed E-state index contributed by atoms with van der Waals surface area (Å²) in [5, 5.41) is 55.0. The smallest absolute Gasteiger partial charge is 0.407 e. The van der Waals surface area contributed by atoms with Gasteiger partial charge < -0.3 is 62.6 Å². The van der Waals surface area contributed by atoms with Crippen molar-refractivity contribution in [2.45, 2.75) is 151 Å². The highest BCUT2D eigenvalue weighted by molar-refractivity contribution is 8.76. The first kappa shape index (κ1) is 77.4. The van der Waals surface area contributed by atoms with Crippen LogP contribution in [0.2, 0.25) is 0 Å². The topological polar surface area (TPSA) is 303 Å². The second kappa shape index (κ2) is 38.5. The van der Waals surface area contributed by atoms with E-state index in [2.05, 4.69) is 78.9 Å². The van der Waals surface area contributed by atoms with E-state index in [-0.39, 0.29) is 50.2 Å². The van der Waals surface area contributed by atoms with E-state index in [4.69, 9.17) is 4.74 Å². The molecular weight excluding hydrogens is 1330 g/mol. The third kappa shape index (κ3) is 22.9. The molecule has 532 valence electrons. The molecule has 0 radical (unpaired) electrons. The molecule has 0 bridgehead atoms. The Morgan fingerprint density at radius 2 is 1.20 bits per heavy atom. The first-order valence-electron chi connectivity index (χ1n) is 34.0. The lowest BCUT2D eigenvalue weighted by Crippen LogP contribution is -2.61. The summed E-state index contributed by atoms with van der Waals surface area (Å²) in [5.74, 6) is -6.15. The first-order chi connectivity index (χ1) is 48.1. The van der Waals surface area contributed by atoms with Crippen molar-refractivity contribution in [1.29, 1.82) is 0 Å². The van der Waals surface area contributed by atoms with Gasteiger partial charge in [0.05, 0.1) is 41.7 Å². The fourth-order valence-corrected chi connectivity index (χ4v) is 15.9. The highest BCUT2D eigenvalue weighted by atomic mass is 33.1. The van der Waals surface area contributed by atoms with Gasteiger partial charge in [-0.05, 0) is 118 Å². The summed E-state index contributed by atoms with van der Waals surface area (Å²) in [4.78, 5) is 118. The fraction of sp³-hybridized carbons (Fsp3) is 0.403. The van der Waals surface area contributed by atoms with Crippen molar-refractivity contribution in [2.75, 3.05) is 37.0 Å². The van der Waals surface area contributed by atoms with Crippen LogP contribution < -0.4 is 42.5 Å². The van der Waals surface area contributed by atoms with Crippen LogP contribution in [0.4, 0.5) is 4.79 Å². The second-order valence-electron chi connectivity index (χ2n) is 26.2. The number of ketones is 1. The number of hydrogen-bond acceptors (Lipinski definition) is 16. The number of fused-ring (bicyclic) bond motifs is 1. The molecular formula is C77H94N8O12S3. The maximum absolute atomic E-state index is 15.6. The minimum absolute atomic E-state index is 0.0357. The zero-order valence-corrected chi connectivity index (χ0v) is 59.7. The number of Topliss-reactive ketones (excluding diaryl/α,β-unsaturated/α-hetero) is 1. The number of unbranched alkanes of at least 4 members (excludes halogenated alkanes) is 1. The van der Waals surface area contributed by atoms with Crippen LogP contribution >= 0.6 is 33.3 Å². The van der Waals surface area contributed by atoms with Gasteiger partial charge in [-0.25, -0.2) is 4.79 Å². The van der Waals surface area contributed by atoms with Crippen molar-refractivity contribution in [3.05, 3.63) is 221 Å². The molecule has 1 aliphatic carbocycles. The van der Waals surface area contributed by atoms with E-state index in [0.717, 1.165) is 60.5 Å². The number of ether oxygens (including phenoxy) is 1. The van der Waals surface area contributed by atoms with Gasteiger partial charge in [0.2, 0.25) is 35.4 Å². The summed E-state index contributed by atoms with van der Waals surface area (Å²) in [6, 6.07) is 47.8. The number of nitrogens with one attached hydrogen (secondary N) is 8. The summed E-state index contributed by atoms with van der Waals surface area (Å²) in [6.45, 7) is 7.61. The Kier molecular flexibility index (Phi) is 29.8. The summed E-state index contributed by atoms with van der Waals surface area (Å²) >= 11 is 1.73. The normalized spacial score (nSPS) is 20.3. The number of rotatable bonds is 26. The van der Waals surface area contributed by atoms with Gasteiger partial charge in [0.25, 0.3) is 0 Å². The van der Waals surface area contributed by atoms with E-state index >= 15 is 19.2 Å². The third-order valence-electron chi connectivity index (χ3n) is 17.4. The molecule has 1 heterocycles. The lowest BCUT2D eigenvalue weighted by molar-refractivity contribution is -0.136. The molecule has 1 fully saturated rings. The fourth-order valence-electron chi connectivity index (χ4n) is 12.1. The molecule has 20 nitrogen and oxygen atoms in total. The Labute approximate surface area is 598 Å². The minimum Gasteiger partial charge on any atom is -0.444 e. The predicted molar refractivity (Wildman–Crippen MR) is 395 cm³/mol. The number of carbonyl (C=O) groups is 8. The van der Waals surface area contributed by atoms with Gasteiger partial charge >= 0.3 is 6.09 Å². The molecule has 2 aliphatic rings. The van der Waals surface area contributed by atoms with Crippen LogP contribution in [-0.2, 0) is 62.3 Å². The van der Waals surface area contributed by atoms with Crippen LogP contribution in [0.25, 0.3) is 5.57 Å². The second-order valence-corrected chi connectivity index (χ2v) is 30.0. The summed E-state index contributed by atoms with van der Waals surface area (Å²) in [7, 11) is 2.17. The van der Waals surface area contributed by atoms with Crippen LogP contribution in [0, 0.1) is 5.92 Å². The van der Waals surface area contributed by atoms with Gasteiger partial charge in [-0.2, -0.15) is 0 Å². The Hall–Kier alpha value is -8.29. The maximum Gasteiger partial charge on any atom is 0.407 e. The zero-order chi connectivity index (χ0) is 71.6. The van der Waals surface area contributed by atoms with E-state index in [9.17, 15) is 34.5 Å². The number of carbonyl (C=O) groups excluding carboxylic acids is 8. The van der Waals surface area contributed by atoms with E-state index in [1.54, 1.807) is 32.5 Å². The molecule has 6 aromatic carbocycles. The number of alkyl carbamates (subject to hydrolysis) is 1. The minimum atomic E-state index is -1.73. The number of thioether (sulfide) groups is 1. The molecule has 0 aromatic heterocycles. The zero-order valence-electron chi connectivity index (χ0n) is 57.2. The standard InChI is InChI=1S/C77H94N8O12S3/c1-50(87)64(47-86)82-73(94)66-49-100-99-48-65(83-71(92)62(44-53-27-13-7-14-28-53)78-41-42-98-77(57-30-15-8-16-31-57,58-32-17-9-18-33-58)59-34-19-10-20-35-59)67(89)46-56(43-52-25-11-6-12-26-52)69(90)81-63(45-55-39-38-54-29-21-22-36-60(54)55)72(93)80-61(70(91)85-68(51(2)88)74(95)84-66)37-23-24-40-79-75(96)97-76(3,4)5/h6-22,25-36,39,50-51,56,61-66,68,78,86-88H,23-24,37-38,40-49H2,1-5H3,(H,79,96)(H,80,93)(H,81,90)(H,82,94)(H,83,92)(H,84,95)(H,85,91)/t50-,51-,56-,61+,62-,63-,64-,65+,66+,68+/m1/s1. The summed E-state index contributed by atoms with van der Waals surface area (Å²) < 4.78 is 4.74. The molecule has 10 atom stereocenters. The number of amides is 7. The van der Waals surface area contributed by atoms with Crippen LogP contribution in [0.5, 0.6) is 0 Å². The van der Waals surface area contributed by atoms with Gasteiger partial charge in [0.1, 0.15) is 29.8 Å². The van der Waals surface area contributed by atoms with Crippen molar-refractivity contribution >= 4 is 86.2 Å². The molecule has 0 saturated carbocycles. The van der Waals surface area contributed by atoms with E-state index in [0.29, 0.717) is 30.7 Å². The van der Waals surface area contributed by atoms with Crippen molar-refractivity contribution in [3.8, 4) is 0 Å². The van der Waals surface area contributed by atoms with Crippen molar-refractivity contribution in [1.82, 2.24) is 42.5 Å². The van der Waals surface area contributed by atoms with Gasteiger partial charge in [0, 0.05) is 49.1 Å². The molecule has 100 heavy (non-hydrogen) atoms. The molecule has 23 heteroatoms. The van der Waals surface area contributed by atoms with Crippen LogP contribution in [0.3, 0.4) is 0 Å². The number of hydrogen-bond donors (Lipinski definition) is 11. The molecule has 7 amide bonds. The number of allylic oxidation sites excluding steroid dienone is 1. The van der Waals surface area contributed by atoms with E-state index in [1.807, 2.05) is 146 Å². The maximum atomic E-state index is 15.6. The highest BCUT2D eigenvalue weighted by Gasteiger charge is 2.40. The molecule has 1 saturated heterocycles. The molecule has 0 unspecified atom stereocenters. The SMILES string of the molecule is C[C@@H](O)[C@@H]1NC(=O)[C@H](CCCCNC(=O)OC(C)(C)C)NC(=O)[C@@H](CC2=CCc3ccccc32)NC(=O)[C@H](Cc2ccccc2)CC(=O)[C@@H](NC(=O)[C@@H](Cc2ccccc2)NCCSC(c2ccccc2)(c2ccccc2)c2ccccc2)CSSC[C@@H](C(=O)N[C@H](CO)[C@@H](C)O)NC1=O. The molecule has 8 rings (SSSR count). The van der Waals surface area contributed by atoms with Crippen molar-refractivity contribution in [2.24, 2.45) is 5.92 Å². The highest BCUT2D eigenvalue weighted by Crippen LogP contribution is 2.48. The molecule has 0 spiro atoms. The van der Waals surface area contributed by atoms with Crippen LogP contribution in [-0.4, -0.2) is 160 Å². The first-order valence-corrected chi connectivity index (χ1v) is 37.5. The van der Waals surface area contributed by atoms with E-state index < -0.39 is 131 Å². The average Bonchev–Trinajstić information content (AvgIpc) is 0.808. The predicted octanol–water partition coefficient (Wildman–Crippen LogP) is 7.51. The quantitative estimate of drug-likeness (QED) is 0.0142. The number of aliphatic hydroxyl groups is 3. The lowest BCUT2D eigenvalue weighted by atomic mass is 9.84.